The molecule has 3 rings (SSSR count). The van der Waals surface area contributed by atoms with E-state index in [9.17, 15) is 19.5 Å². The van der Waals surface area contributed by atoms with Crippen molar-refractivity contribution < 1.29 is 43.2 Å². The van der Waals surface area contributed by atoms with Gasteiger partial charge >= 0.3 is 12.1 Å². The average Bonchev–Trinajstić information content (AvgIpc) is 3.36. The summed E-state index contributed by atoms with van der Waals surface area (Å²) < 4.78 is 31.3. The predicted molar refractivity (Wildman–Crippen MR) is 195 cm³/mol. The topological polar surface area (TPSA) is 185 Å². The monoisotopic (exact) mass is 736 g/mol. The smallest absolute Gasteiger partial charge is 0.410 e. The lowest BCUT2D eigenvalue weighted by molar-refractivity contribution is -0.295. The number of ether oxygens (including phenoxy) is 5. The Kier molecular flexibility index (Phi) is 15.9. The van der Waals surface area contributed by atoms with Gasteiger partial charge in [0.05, 0.1) is 23.9 Å². The number of aliphatic hydroxyl groups excluding tert-OH is 1. The van der Waals surface area contributed by atoms with E-state index in [1.54, 1.807) is 31.9 Å². The van der Waals surface area contributed by atoms with Crippen molar-refractivity contribution in [2.75, 3.05) is 40.8 Å². The molecule has 15 heteroatoms. The van der Waals surface area contributed by atoms with E-state index in [1.807, 2.05) is 39.8 Å². The van der Waals surface area contributed by atoms with E-state index < -0.39 is 71.5 Å². The van der Waals surface area contributed by atoms with Crippen molar-refractivity contribution >= 4 is 17.8 Å². The van der Waals surface area contributed by atoms with Gasteiger partial charge in [0.2, 0.25) is 0 Å². The van der Waals surface area contributed by atoms with Gasteiger partial charge in [-0.15, -0.1) is 6.58 Å². The Morgan fingerprint density at radius 3 is 2.48 bits per heavy atom. The second-order valence-electron chi connectivity index (χ2n) is 15.6. The number of amides is 1. The molecule has 0 bridgehead atoms. The second-order valence-corrected chi connectivity index (χ2v) is 15.6. The molecule has 3 fully saturated rings. The summed E-state index contributed by atoms with van der Waals surface area (Å²) >= 11 is 0. The number of azide groups is 1. The summed E-state index contributed by atoms with van der Waals surface area (Å²) in [6.07, 6.45) is 0.194. The first kappa shape index (κ1) is 43.6. The van der Waals surface area contributed by atoms with Crippen molar-refractivity contribution in [3.63, 3.8) is 0 Å². The number of likely N-dealkylation sites (N-methyl/N-ethyl adjacent to an activating group) is 1. The van der Waals surface area contributed by atoms with Gasteiger partial charge in [0.25, 0.3) is 0 Å². The van der Waals surface area contributed by atoms with Gasteiger partial charge in [0, 0.05) is 43.1 Å². The van der Waals surface area contributed by atoms with Crippen molar-refractivity contribution in [2.24, 2.45) is 22.9 Å². The van der Waals surface area contributed by atoms with Crippen molar-refractivity contribution in [1.29, 1.82) is 0 Å². The fourth-order valence-corrected chi connectivity index (χ4v) is 8.38. The van der Waals surface area contributed by atoms with E-state index >= 15 is 0 Å². The minimum absolute atomic E-state index is 0.0414. The number of Topliss-reactive ketones (excluding diaryl/α,β-unsaturated/α-hetero) is 1. The molecule has 3 saturated heterocycles. The summed E-state index contributed by atoms with van der Waals surface area (Å²) in [5, 5.41) is 18.7. The number of methoxy groups -OCH3 is 1. The van der Waals surface area contributed by atoms with Gasteiger partial charge in [-0.05, 0) is 98.3 Å². The third-order valence-corrected chi connectivity index (χ3v) is 11.3. The highest BCUT2D eigenvalue weighted by Gasteiger charge is 2.59. The number of hydrogen-bond donors (Lipinski definition) is 2. The molecule has 3 aliphatic heterocycles. The van der Waals surface area contributed by atoms with Crippen LogP contribution in [0.5, 0.6) is 0 Å². The van der Waals surface area contributed by atoms with Crippen molar-refractivity contribution in [2.45, 2.75) is 147 Å². The van der Waals surface area contributed by atoms with E-state index in [0.29, 0.717) is 58.2 Å². The number of cyclic esters (lactones) is 1. The molecular weight excluding hydrogens is 672 g/mol. The number of carbonyl (C=O) groups excluding carboxylic acids is 3. The van der Waals surface area contributed by atoms with Gasteiger partial charge in [-0.25, -0.2) is 4.79 Å². The largest absolute Gasteiger partial charge is 0.458 e. The van der Waals surface area contributed by atoms with Crippen LogP contribution in [0.15, 0.2) is 17.8 Å². The zero-order chi connectivity index (χ0) is 39.0. The summed E-state index contributed by atoms with van der Waals surface area (Å²) in [6.45, 7) is 17.9. The van der Waals surface area contributed by atoms with E-state index in [4.69, 9.17) is 29.2 Å². The lowest BCUT2D eigenvalue weighted by atomic mass is 9.78. The number of aliphatic hydroxyl groups is 1. The van der Waals surface area contributed by atoms with E-state index in [1.165, 1.54) is 6.92 Å². The molecule has 1 amide bonds. The molecule has 3 heterocycles. The van der Waals surface area contributed by atoms with E-state index in [0.717, 1.165) is 0 Å². The number of carbonyl (C=O) groups is 3. The molecule has 15 nitrogen and oxygen atoms in total. The zero-order valence-electron chi connectivity index (χ0n) is 32.9. The Balaban J connectivity index is 2.08. The molecule has 0 spiro atoms. The third kappa shape index (κ3) is 9.85. The van der Waals surface area contributed by atoms with E-state index in [-0.39, 0.29) is 24.1 Å². The van der Waals surface area contributed by atoms with Crippen LogP contribution < -0.4 is 5.32 Å². The molecule has 52 heavy (non-hydrogen) atoms. The maximum atomic E-state index is 14.3. The van der Waals surface area contributed by atoms with Crippen LogP contribution in [-0.4, -0.2) is 134 Å². The van der Waals surface area contributed by atoms with E-state index in [2.05, 4.69) is 28.8 Å². The Labute approximate surface area is 309 Å². The maximum Gasteiger partial charge on any atom is 0.410 e. The Hall–Kier alpha value is -2.78. The number of ketones is 1. The highest BCUT2D eigenvalue weighted by atomic mass is 16.7. The molecule has 0 aromatic heterocycles. The summed E-state index contributed by atoms with van der Waals surface area (Å²) in [6, 6.07) is -1.15. The van der Waals surface area contributed by atoms with Crippen molar-refractivity contribution in [3.05, 3.63) is 23.1 Å². The number of hydrogen-bond acceptors (Lipinski definition) is 12. The Morgan fingerprint density at radius 1 is 1.19 bits per heavy atom. The second kappa shape index (κ2) is 19.0. The van der Waals surface area contributed by atoms with Crippen LogP contribution in [0.4, 0.5) is 4.79 Å². The highest BCUT2D eigenvalue weighted by molar-refractivity contribution is 6.00. The normalized spacial score (nSPS) is 39.5. The van der Waals surface area contributed by atoms with Crippen LogP contribution in [0.25, 0.3) is 10.4 Å². The zero-order valence-corrected chi connectivity index (χ0v) is 32.9. The van der Waals surface area contributed by atoms with Gasteiger partial charge < -0.3 is 39.0 Å². The summed E-state index contributed by atoms with van der Waals surface area (Å²) in [7, 11) is 5.36. The van der Waals surface area contributed by atoms with Gasteiger partial charge in [0.15, 0.2) is 17.7 Å². The number of unbranched alkanes of at least 4 members (excludes halogenated alkanes) is 1. The van der Waals surface area contributed by atoms with Crippen LogP contribution in [0.1, 0.15) is 87.0 Å². The molecular formula is C37H64N6O9. The van der Waals surface area contributed by atoms with Crippen LogP contribution in [-0.2, 0) is 33.3 Å². The van der Waals surface area contributed by atoms with Crippen LogP contribution in [0.2, 0.25) is 0 Å². The minimum Gasteiger partial charge on any atom is -0.458 e. The van der Waals surface area contributed by atoms with Crippen molar-refractivity contribution in [1.82, 2.24) is 15.1 Å². The maximum absolute atomic E-state index is 14.3. The van der Waals surface area contributed by atoms with Crippen LogP contribution in [0, 0.1) is 17.8 Å². The van der Waals surface area contributed by atoms with Gasteiger partial charge in [-0.1, -0.05) is 32.0 Å². The molecule has 0 aromatic rings. The molecule has 296 valence electrons. The first-order valence-corrected chi connectivity index (χ1v) is 18.8. The third-order valence-electron chi connectivity index (χ3n) is 11.3. The van der Waals surface area contributed by atoms with Gasteiger partial charge in [-0.2, -0.15) is 0 Å². The summed E-state index contributed by atoms with van der Waals surface area (Å²) in [4.78, 5) is 48.3. The highest BCUT2D eigenvalue weighted by Crippen LogP contribution is 2.40. The number of esters is 1. The molecule has 0 saturated carbocycles. The number of fused-ring (bicyclic) bond motifs is 1. The summed E-state index contributed by atoms with van der Waals surface area (Å²) in [5.41, 5.74) is 6.37. The molecule has 2 N–H and O–H groups in total. The summed E-state index contributed by atoms with van der Waals surface area (Å²) in [5.74, 6) is -3.25. The predicted octanol–water partition coefficient (Wildman–Crippen LogP) is 4.61. The van der Waals surface area contributed by atoms with Crippen molar-refractivity contribution in [3.8, 4) is 0 Å². The molecule has 0 aromatic carbocycles. The molecule has 3 aliphatic rings. The Morgan fingerprint density at radius 2 is 1.88 bits per heavy atom. The average molecular weight is 737 g/mol. The number of rotatable bonds is 12. The SMILES string of the molecule is C=CC[C@H]1NC[C@H](C)C[C@@](C)(OC)[C@H](O[C@@H]2O[C@H](C)CC(N(C)C)[C@H]2O)[C@@H](C)C(=O)[C@@H](C)C(=O)O[C@H](CC)[C@@]2(C)OC(=O)N(CCCCN=[N+]=[N-])[C@H]12. The van der Waals surface area contributed by atoms with Gasteiger partial charge in [-0.3, -0.25) is 14.5 Å². The molecule has 0 radical (unpaired) electrons. The first-order chi connectivity index (χ1) is 24.5. The minimum atomic E-state index is -1.27. The molecule has 13 atom stereocenters. The Bertz CT molecular complexity index is 1280. The molecule has 0 aliphatic carbocycles. The van der Waals surface area contributed by atoms with Gasteiger partial charge in [0.1, 0.15) is 18.1 Å². The first-order valence-electron chi connectivity index (χ1n) is 18.8. The fourth-order valence-electron chi connectivity index (χ4n) is 8.38. The molecule has 1 unspecified atom stereocenters. The lowest BCUT2D eigenvalue weighted by Gasteiger charge is -2.46. The lowest BCUT2D eigenvalue weighted by Crippen LogP contribution is -2.61. The quantitative estimate of drug-likeness (QED) is 0.0543. The standard InChI is InChI=1S/C37H64N6O9/c1-12-16-26-31-37(8,52-35(47)43(31)18-15-14-17-40-41-38)28(13-2)50-33(46)25(6)29(44)24(5)32(36(7,48-11)20-22(3)21-39-26)51-34-30(45)27(42(9)10)19-23(4)49-34/h12,22-28,30-32,34,39,45H,1,13-21H2,2-11H3/t22-,23-,24+,25-,26-,27?,28-,30-,31-,32-,34+,36-,37-/m1/s1. The fraction of sp³-hybridized carbons (Fsp3) is 0.865. The van der Waals surface area contributed by atoms with Crippen LogP contribution in [0.3, 0.4) is 0 Å². The van der Waals surface area contributed by atoms with Crippen LogP contribution >= 0.6 is 0 Å². The number of nitrogens with one attached hydrogen (secondary N) is 1. The number of nitrogens with zero attached hydrogens (tertiary/aromatic N) is 5.